The first kappa shape index (κ1) is 19.5. The number of aryl methyl sites for hydroxylation is 2. The molecule has 1 N–H and O–H groups in total. The number of nitrogens with zero attached hydrogens (tertiary/aromatic N) is 5. The largest absolute Gasteiger partial charge is 0.306 e. The van der Waals surface area contributed by atoms with Gasteiger partial charge in [0.15, 0.2) is 0 Å². The Balaban J connectivity index is 1.49. The zero-order chi connectivity index (χ0) is 20.2. The molecule has 0 bridgehead atoms. The summed E-state index contributed by atoms with van der Waals surface area (Å²) in [7, 11) is 0. The van der Waals surface area contributed by atoms with Gasteiger partial charge in [-0.25, -0.2) is 4.98 Å². The summed E-state index contributed by atoms with van der Waals surface area (Å²) in [6.07, 6.45) is 9.42. The summed E-state index contributed by atoms with van der Waals surface area (Å²) in [5.41, 5.74) is 4.97. The lowest BCUT2D eigenvalue weighted by atomic mass is 10.1. The lowest BCUT2D eigenvalue weighted by Crippen LogP contribution is -2.26. The Kier molecular flexibility index (Phi) is 5.85. The molecule has 1 aliphatic heterocycles. The summed E-state index contributed by atoms with van der Waals surface area (Å²) >= 11 is 0. The maximum Gasteiger partial charge on any atom is 0.254 e. The quantitative estimate of drug-likeness (QED) is 0.698. The van der Waals surface area contributed by atoms with Crippen molar-refractivity contribution < 1.29 is 0 Å². The third-order valence-corrected chi connectivity index (χ3v) is 5.58. The molecule has 3 aromatic rings. The van der Waals surface area contributed by atoms with Gasteiger partial charge in [-0.05, 0) is 31.9 Å². The second-order valence-electron chi connectivity index (χ2n) is 7.71. The minimum absolute atomic E-state index is 0.0211. The van der Waals surface area contributed by atoms with Crippen LogP contribution in [0.25, 0.3) is 11.4 Å². The summed E-state index contributed by atoms with van der Waals surface area (Å²) in [5, 5.41) is 4.65. The Labute approximate surface area is 170 Å². The van der Waals surface area contributed by atoms with Crippen LogP contribution in [0.4, 0.5) is 0 Å². The van der Waals surface area contributed by atoms with Crippen molar-refractivity contribution in [1.82, 2.24) is 29.6 Å². The van der Waals surface area contributed by atoms with Crippen LogP contribution in [0.1, 0.15) is 42.3 Å². The minimum atomic E-state index is -0.0211. The van der Waals surface area contributed by atoms with Crippen LogP contribution in [-0.2, 0) is 25.9 Å². The Bertz CT molecular complexity index is 1020. The average Bonchev–Trinajstić information content (AvgIpc) is 2.94. The van der Waals surface area contributed by atoms with Crippen LogP contribution in [-0.4, -0.2) is 42.7 Å². The highest BCUT2D eigenvalue weighted by atomic mass is 16.1. The third-order valence-electron chi connectivity index (χ3n) is 5.58. The van der Waals surface area contributed by atoms with Crippen molar-refractivity contribution in [2.45, 2.75) is 52.6 Å². The Morgan fingerprint density at radius 2 is 1.97 bits per heavy atom. The molecule has 0 fully saturated rings. The highest BCUT2D eigenvalue weighted by Gasteiger charge is 2.20. The summed E-state index contributed by atoms with van der Waals surface area (Å²) in [5.74, 6) is 0.623. The van der Waals surface area contributed by atoms with Crippen LogP contribution in [0.2, 0.25) is 0 Å². The molecule has 7 heteroatoms. The van der Waals surface area contributed by atoms with Gasteiger partial charge in [0.1, 0.15) is 5.82 Å². The molecule has 0 aromatic carbocycles. The SMILES string of the molecule is CCCCn1cc(CN2CCc3nc(-c4ccncc4)[nH]c(=O)c3CC2)c(C)n1. The van der Waals surface area contributed by atoms with E-state index >= 15 is 0 Å². The molecule has 4 heterocycles. The number of hydrogen-bond acceptors (Lipinski definition) is 5. The molecule has 0 saturated carbocycles. The van der Waals surface area contributed by atoms with Crippen molar-refractivity contribution >= 4 is 0 Å². The van der Waals surface area contributed by atoms with Gasteiger partial charge in [-0.2, -0.15) is 5.10 Å². The highest BCUT2D eigenvalue weighted by molar-refractivity contribution is 5.54. The summed E-state index contributed by atoms with van der Waals surface area (Å²) in [6.45, 7) is 7.85. The maximum absolute atomic E-state index is 12.7. The molecule has 0 atom stereocenters. The fourth-order valence-corrected chi connectivity index (χ4v) is 3.85. The van der Waals surface area contributed by atoms with Crippen molar-refractivity contribution in [2.75, 3.05) is 13.1 Å². The average molecular weight is 393 g/mol. The maximum atomic E-state index is 12.7. The van der Waals surface area contributed by atoms with Gasteiger partial charge in [-0.15, -0.1) is 0 Å². The highest BCUT2D eigenvalue weighted by Crippen LogP contribution is 2.18. The van der Waals surface area contributed by atoms with Gasteiger partial charge in [0.2, 0.25) is 0 Å². The predicted octanol–water partition coefficient (Wildman–Crippen LogP) is 2.74. The molecule has 4 rings (SSSR count). The van der Waals surface area contributed by atoms with Gasteiger partial charge in [0, 0.05) is 67.9 Å². The van der Waals surface area contributed by atoms with Crippen LogP contribution in [0.3, 0.4) is 0 Å². The first-order valence-corrected chi connectivity index (χ1v) is 10.4. The summed E-state index contributed by atoms with van der Waals surface area (Å²) < 4.78 is 2.06. The standard InChI is InChI=1S/C22H28N6O/c1-3-4-11-28-15-18(16(2)26-28)14-27-12-7-19-20(8-13-27)24-21(25-22(19)29)17-5-9-23-10-6-17/h5-6,9-10,15H,3-4,7-8,11-14H2,1-2H3,(H,24,25,29). The Morgan fingerprint density at radius 1 is 1.17 bits per heavy atom. The van der Waals surface area contributed by atoms with E-state index in [4.69, 9.17) is 4.98 Å². The minimum Gasteiger partial charge on any atom is -0.306 e. The first-order chi connectivity index (χ1) is 14.1. The zero-order valence-electron chi connectivity index (χ0n) is 17.2. The molecular weight excluding hydrogens is 364 g/mol. The Morgan fingerprint density at radius 3 is 2.76 bits per heavy atom. The second kappa shape index (κ2) is 8.69. The van der Waals surface area contributed by atoms with Crippen molar-refractivity contribution in [3.63, 3.8) is 0 Å². The monoisotopic (exact) mass is 392 g/mol. The fourth-order valence-electron chi connectivity index (χ4n) is 3.85. The van der Waals surface area contributed by atoms with E-state index in [0.717, 1.165) is 68.0 Å². The molecule has 0 unspecified atom stereocenters. The number of pyridine rings is 1. The number of aromatic nitrogens is 5. The summed E-state index contributed by atoms with van der Waals surface area (Å²) in [6, 6.07) is 3.74. The molecule has 152 valence electrons. The number of rotatable bonds is 6. The van der Waals surface area contributed by atoms with Crippen LogP contribution in [0.5, 0.6) is 0 Å². The van der Waals surface area contributed by atoms with Crippen LogP contribution in [0.15, 0.2) is 35.5 Å². The van der Waals surface area contributed by atoms with Crippen LogP contribution >= 0.6 is 0 Å². The zero-order valence-corrected chi connectivity index (χ0v) is 17.2. The van der Waals surface area contributed by atoms with E-state index < -0.39 is 0 Å². The predicted molar refractivity (Wildman–Crippen MR) is 113 cm³/mol. The molecule has 0 amide bonds. The molecular formula is C22H28N6O. The van der Waals surface area contributed by atoms with E-state index in [1.165, 1.54) is 12.0 Å². The van der Waals surface area contributed by atoms with Crippen molar-refractivity contribution in [3.8, 4) is 11.4 Å². The van der Waals surface area contributed by atoms with E-state index in [1.54, 1.807) is 12.4 Å². The Hall–Kier alpha value is -2.80. The third kappa shape index (κ3) is 4.45. The van der Waals surface area contributed by atoms with Crippen LogP contribution in [0, 0.1) is 6.92 Å². The molecule has 0 radical (unpaired) electrons. The number of hydrogen-bond donors (Lipinski definition) is 1. The number of aromatic amines is 1. The van der Waals surface area contributed by atoms with Gasteiger partial charge < -0.3 is 4.98 Å². The number of unbranched alkanes of at least 4 members (excludes halogenated alkanes) is 1. The molecule has 1 aliphatic rings. The van der Waals surface area contributed by atoms with Crippen molar-refractivity contribution in [2.24, 2.45) is 0 Å². The van der Waals surface area contributed by atoms with E-state index in [1.807, 2.05) is 12.1 Å². The lowest BCUT2D eigenvalue weighted by molar-refractivity contribution is 0.278. The number of fused-ring (bicyclic) bond motifs is 1. The van der Waals surface area contributed by atoms with Gasteiger partial charge in [-0.1, -0.05) is 13.3 Å². The number of nitrogens with one attached hydrogen (secondary N) is 1. The van der Waals surface area contributed by atoms with E-state index in [2.05, 4.69) is 44.7 Å². The second-order valence-corrected chi connectivity index (χ2v) is 7.71. The molecule has 0 saturated heterocycles. The van der Waals surface area contributed by atoms with E-state index in [9.17, 15) is 4.79 Å². The normalized spacial score (nSPS) is 14.6. The smallest absolute Gasteiger partial charge is 0.254 e. The molecule has 7 nitrogen and oxygen atoms in total. The molecule has 3 aromatic heterocycles. The van der Waals surface area contributed by atoms with Gasteiger partial charge >= 0.3 is 0 Å². The first-order valence-electron chi connectivity index (χ1n) is 10.4. The van der Waals surface area contributed by atoms with Gasteiger partial charge in [0.05, 0.1) is 11.4 Å². The van der Waals surface area contributed by atoms with Crippen molar-refractivity contribution in [3.05, 3.63) is 63.6 Å². The fraction of sp³-hybridized carbons (Fsp3) is 0.455. The van der Waals surface area contributed by atoms with E-state index in [0.29, 0.717) is 5.82 Å². The molecule has 0 spiro atoms. The molecule has 0 aliphatic carbocycles. The molecule has 29 heavy (non-hydrogen) atoms. The number of H-pyrrole nitrogens is 1. The van der Waals surface area contributed by atoms with Gasteiger partial charge in [0.25, 0.3) is 5.56 Å². The van der Waals surface area contributed by atoms with Gasteiger partial charge in [-0.3, -0.25) is 19.4 Å². The van der Waals surface area contributed by atoms with E-state index in [-0.39, 0.29) is 5.56 Å². The topological polar surface area (TPSA) is 79.7 Å². The lowest BCUT2D eigenvalue weighted by Gasteiger charge is -2.18. The van der Waals surface area contributed by atoms with Crippen molar-refractivity contribution in [1.29, 1.82) is 0 Å². The van der Waals surface area contributed by atoms with Crippen LogP contribution < -0.4 is 5.56 Å². The summed E-state index contributed by atoms with van der Waals surface area (Å²) in [4.78, 5) is 26.9.